The number of benzene rings is 2. The number of para-hydroxylation sites is 1. The van der Waals surface area contributed by atoms with Gasteiger partial charge in [-0.1, -0.05) is 48.0 Å². The van der Waals surface area contributed by atoms with E-state index >= 15 is 0 Å². The second-order valence-corrected chi connectivity index (χ2v) is 13.2. The van der Waals surface area contributed by atoms with Gasteiger partial charge in [-0.3, -0.25) is 14.4 Å². The SMILES string of the molecule is COc1ccc(NC(=O)C2N([C@@H](CO)C(C)C)C(=O)[C@@H]3[C@H](C(=O)Nc4ccccc4)[C@H]4SC23CC4Br)cc1. The predicted molar refractivity (Wildman–Crippen MR) is 151 cm³/mol. The van der Waals surface area contributed by atoms with Crippen molar-refractivity contribution in [3.63, 3.8) is 0 Å². The zero-order valence-electron chi connectivity index (χ0n) is 21.5. The van der Waals surface area contributed by atoms with Crippen molar-refractivity contribution in [2.24, 2.45) is 17.8 Å². The largest absolute Gasteiger partial charge is 0.497 e. The van der Waals surface area contributed by atoms with E-state index in [0.29, 0.717) is 23.5 Å². The number of rotatable bonds is 8. The fourth-order valence-corrected chi connectivity index (χ4v) is 9.88. The van der Waals surface area contributed by atoms with Crippen molar-refractivity contribution in [1.29, 1.82) is 0 Å². The average molecular weight is 603 g/mol. The Hall–Kier alpha value is -2.56. The lowest BCUT2D eigenvalue weighted by molar-refractivity contribution is -0.142. The number of nitrogens with zero attached hydrogens (tertiary/aromatic N) is 1. The first kappa shape index (κ1) is 27.0. The maximum atomic E-state index is 14.2. The summed E-state index contributed by atoms with van der Waals surface area (Å²) in [6, 6.07) is 14.8. The highest BCUT2D eigenvalue weighted by atomic mass is 79.9. The van der Waals surface area contributed by atoms with Crippen molar-refractivity contribution in [1.82, 2.24) is 4.90 Å². The summed E-state index contributed by atoms with van der Waals surface area (Å²) >= 11 is 5.35. The Morgan fingerprint density at radius 3 is 2.34 bits per heavy atom. The second kappa shape index (κ2) is 10.5. The summed E-state index contributed by atoms with van der Waals surface area (Å²) < 4.78 is 4.42. The Labute approximate surface area is 235 Å². The summed E-state index contributed by atoms with van der Waals surface area (Å²) in [5.41, 5.74) is 1.25. The summed E-state index contributed by atoms with van der Waals surface area (Å²) in [5, 5.41) is 16.2. The van der Waals surface area contributed by atoms with E-state index in [4.69, 9.17) is 4.74 Å². The van der Waals surface area contributed by atoms with E-state index in [1.165, 1.54) is 0 Å². The molecule has 3 N–H and O–H groups in total. The van der Waals surface area contributed by atoms with Crippen molar-refractivity contribution in [3.8, 4) is 5.75 Å². The van der Waals surface area contributed by atoms with E-state index in [1.807, 2.05) is 44.2 Å². The number of aliphatic hydroxyl groups is 1. The van der Waals surface area contributed by atoms with Crippen molar-refractivity contribution in [3.05, 3.63) is 54.6 Å². The zero-order valence-corrected chi connectivity index (χ0v) is 23.9. The monoisotopic (exact) mass is 601 g/mol. The zero-order chi connectivity index (χ0) is 27.2. The molecule has 3 amide bonds. The first-order valence-corrected chi connectivity index (χ1v) is 14.6. The molecule has 2 bridgehead atoms. The number of ether oxygens (including phenoxy) is 1. The van der Waals surface area contributed by atoms with Crippen LogP contribution in [-0.2, 0) is 14.4 Å². The normalized spacial score (nSPS) is 30.3. The minimum atomic E-state index is -0.841. The van der Waals surface area contributed by atoms with Crippen LogP contribution in [0.2, 0.25) is 0 Å². The minimum absolute atomic E-state index is 0.0362. The third kappa shape index (κ3) is 4.40. The molecule has 7 atom stereocenters. The number of hydrogen-bond acceptors (Lipinski definition) is 6. The van der Waals surface area contributed by atoms with Gasteiger partial charge in [-0.05, 0) is 48.7 Å². The summed E-state index contributed by atoms with van der Waals surface area (Å²) in [7, 11) is 1.57. The Morgan fingerprint density at radius 2 is 1.74 bits per heavy atom. The van der Waals surface area contributed by atoms with Gasteiger partial charge in [0.15, 0.2) is 0 Å². The Morgan fingerprint density at radius 1 is 1.11 bits per heavy atom. The first-order chi connectivity index (χ1) is 18.2. The van der Waals surface area contributed by atoms with Crippen molar-refractivity contribution in [2.75, 3.05) is 24.4 Å². The lowest BCUT2D eigenvalue weighted by Gasteiger charge is -2.38. The number of aliphatic hydroxyl groups excluding tert-OH is 1. The van der Waals surface area contributed by atoms with Crippen LogP contribution in [0.4, 0.5) is 11.4 Å². The van der Waals surface area contributed by atoms with Gasteiger partial charge in [-0.15, -0.1) is 11.8 Å². The molecule has 2 aromatic carbocycles. The summed E-state index contributed by atoms with van der Waals surface area (Å²) in [6.45, 7) is 3.58. The van der Waals surface area contributed by atoms with Crippen LogP contribution in [-0.4, -0.2) is 68.4 Å². The quantitative estimate of drug-likeness (QED) is 0.398. The molecular weight excluding hydrogens is 570 g/mol. The number of carbonyl (C=O) groups excluding carboxylic acids is 3. The van der Waals surface area contributed by atoms with Gasteiger partial charge in [-0.25, -0.2) is 0 Å². The lowest BCUT2D eigenvalue weighted by Crippen LogP contribution is -2.56. The number of likely N-dealkylation sites (tertiary alicyclic amines) is 1. The molecule has 3 aliphatic rings. The molecule has 3 heterocycles. The average Bonchev–Trinajstić information content (AvgIpc) is 3.49. The molecule has 3 fully saturated rings. The Balaban J connectivity index is 1.52. The molecule has 1 spiro atoms. The highest BCUT2D eigenvalue weighted by Gasteiger charge is 2.76. The topological polar surface area (TPSA) is 108 Å². The summed E-state index contributed by atoms with van der Waals surface area (Å²) in [6.07, 6.45) is 0.571. The van der Waals surface area contributed by atoms with Crippen molar-refractivity contribution in [2.45, 2.75) is 47.2 Å². The van der Waals surface area contributed by atoms with Crippen molar-refractivity contribution < 1.29 is 24.2 Å². The fourth-order valence-electron chi connectivity index (χ4n) is 6.28. The molecule has 38 heavy (non-hydrogen) atoms. The third-order valence-corrected chi connectivity index (χ3v) is 11.2. The first-order valence-electron chi connectivity index (χ1n) is 12.8. The molecule has 8 nitrogen and oxygen atoms in total. The fraction of sp³-hybridized carbons (Fsp3) is 0.464. The van der Waals surface area contributed by atoms with Crippen molar-refractivity contribution >= 4 is 56.8 Å². The molecule has 0 radical (unpaired) electrons. The number of amides is 3. The number of halogens is 1. The molecule has 5 rings (SSSR count). The molecular formula is C28H32BrN3O5S. The van der Waals surface area contributed by atoms with Gasteiger partial charge in [0, 0.05) is 21.5 Å². The number of methoxy groups -OCH3 is 1. The van der Waals surface area contributed by atoms with Gasteiger partial charge in [0.05, 0.1) is 36.3 Å². The van der Waals surface area contributed by atoms with Crippen LogP contribution in [0.25, 0.3) is 0 Å². The number of fused-ring (bicyclic) bond motifs is 1. The van der Waals surface area contributed by atoms with Crippen LogP contribution in [0.1, 0.15) is 20.3 Å². The molecule has 3 aliphatic heterocycles. The Bertz CT molecular complexity index is 1210. The number of carbonyl (C=O) groups is 3. The summed E-state index contributed by atoms with van der Waals surface area (Å²) in [5.74, 6) is -1.49. The van der Waals surface area contributed by atoms with E-state index in [-0.39, 0.29) is 40.3 Å². The molecule has 0 saturated carbocycles. The Kier molecular flexibility index (Phi) is 7.50. The number of thioether (sulfide) groups is 1. The molecule has 3 saturated heterocycles. The molecule has 3 unspecified atom stereocenters. The van der Waals surface area contributed by atoms with Gasteiger partial charge in [0.1, 0.15) is 11.8 Å². The minimum Gasteiger partial charge on any atom is -0.497 e. The lowest BCUT2D eigenvalue weighted by atomic mass is 9.70. The van der Waals surface area contributed by atoms with Crippen LogP contribution < -0.4 is 15.4 Å². The van der Waals surface area contributed by atoms with E-state index in [9.17, 15) is 19.5 Å². The summed E-state index contributed by atoms with van der Waals surface area (Å²) in [4.78, 5) is 43.4. The molecule has 202 valence electrons. The van der Waals surface area contributed by atoms with Crippen LogP contribution in [0.3, 0.4) is 0 Å². The molecule has 10 heteroatoms. The second-order valence-electron chi connectivity index (χ2n) is 10.5. The maximum absolute atomic E-state index is 14.2. The van der Waals surface area contributed by atoms with E-state index < -0.39 is 28.7 Å². The van der Waals surface area contributed by atoms with Gasteiger partial charge >= 0.3 is 0 Å². The highest BCUT2D eigenvalue weighted by Crippen LogP contribution is 2.68. The highest BCUT2D eigenvalue weighted by molar-refractivity contribution is 9.09. The van der Waals surface area contributed by atoms with Gasteiger partial charge < -0.3 is 25.4 Å². The molecule has 0 aliphatic carbocycles. The van der Waals surface area contributed by atoms with Gasteiger partial charge in [-0.2, -0.15) is 0 Å². The van der Waals surface area contributed by atoms with Crippen LogP contribution in [0, 0.1) is 17.8 Å². The van der Waals surface area contributed by atoms with E-state index in [0.717, 1.165) is 0 Å². The smallest absolute Gasteiger partial charge is 0.248 e. The third-order valence-electron chi connectivity index (χ3n) is 7.99. The maximum Gasteiger partial charge on any atom is 0.248 e. The van der Waals surface area contributed by atoms with E-state index in [1.54, 1.807) is 48.0 Å². The number of hydrogen-bond donors (Lipinski definition) is 3. The number of anilines is 2. The van der Waals surface area contributed by atoms with Gasteiger partial charge in [0.25, 0.3) is 0 Å². The van der Waals surface area contributed by atoms with E-state index in [2.05, 4.69) is 26.6 Å². The van der Waals surface area contributed by atoms with Gasteiger partial charge in [0.2, 0.25) is 17.7 Å². The standard InChI is InChI=1S/C28H32BrN3O5S/c1-15(2)20(14-33)32-24(26(35)31-17-9-11-18(37-3)12-10-17)28-13-19(29)23(38-28)21(22(28)27(32)36)25(34)30-16-7-5-4-6-8-16/h4-12,15,19-24,33H,13-14H2,1-3H3,(H,30,34)(H,31,35)/t19?,20-,21-,22-,23-,24?,28?/m0/s1. The predicted octanol–water partition coefficient (Wildman–Crippen LogP) is 3.75. The van der Waals surface area contributed by atoms with Crippen LogP contribution >= 0.6 is 27.7 Å². The number of nitrogens with one attached hydrogen (secondary N) is 2. The molecule has 0 aromatic heterocycles. The van der Waals surface area contributed by atoms with Crippen LogP contribution in [0.15, 0.2) is 54.6 Å². The number of alkyl halides is 1. The molecule has 2 aromatic rings. The van der Waals surface area contributed by atoms with Crippen LogP contribution in [0.5, 0.6) is 5.75 Å².